The fourth-order valence-corrected chi connectivity index (χ4v) is 9.78. The molecule has 7 heterocycles. The van der Waals surface area contributed by atoms with Gasteiger partial charge in [-0.3, -0.25) is 14.4 Å². The molecule has 4 N–H and O–H groups in total. The number of likely N-dealkylation sites (tertiary alicyclic amines) is 2. The lowest BCUT2D eigenvalue weighted by Crippen LogP contribution is -2.53. The Bertz CT molecular complexity index is 2460. The van der Waals surface area contributed by atoms with Gasteiger partial charge in [-0.15, -0.1) is 0 Å². The smallest absolute Gasteiger partial charge is 0.407 e. The Balaban J connectivity index is 0.878. The molecule has 0 spiro atoms. The minimum Gasteiger partial charge on any atom is -0.453 e. The number of aromatic amines is 2. The molecule has 0 bridgehead atoms. The van der Waals surface area contributed by atoms with Crippen molar-refractivity contribution < 1.29 is 37.8 Å². The van der Waals surface area contributed by atoms with Crippen molar-refractivity contribution in [2.24, 2.45) is 11.8 Å². The minimum absolute atomic E-state index is 0.0299. The second-order valence-electron chi connectivity index (χ2n) is 16.8. The fourth-order valence-electron chi connectivity index (χ4n) is 9.78. The molecule has 17 heteroatoms. The van der Waals surface area contributed by atoms with Gasteiger partial charge in [0.1, 0.15) is 29.5 Å². The molecule has 330 valence electrons. The van der Waals surface area contributed by atoms with Crippen LogP contribution in [0.15, 0.2) is 60.9 Å². The summed E-state index contributed by atoms with van der Waals surface area (Å²) < 4.78 is 31.8. The number of alkyl carbamates (subject to hydrolysis) is 1. The number of hydrogen-bond acceptors (Lipinski definition) is 10. The Kier molecular flexibility index (Phi) is 12.5. The Labute approximate surface area is 363 Å². The summed E-state index contributed by atoms with van der Waals surface area (Å²) in [6.45, 7) is 3.31. The van der Waals surface area contributed by atoms with E-state index in [2.05, 4.69) is 25.6 Å². The van der Waals surface area contributed by atoms with Crippen LogP contribution < -0.4 is 10.6 Å². The summed E-state index contributed by atoms with van der Waals surface area (Å²) in [7, 11) is 1.28. The molecule has 4 saturated heterocycles. The zero-order valence-electron chi connectivity index (χ0n) is 35.2. The van der Waals surface area contributed by atoms with Crippen LogP contribution in [-0.4, -0.2) is 118 Å². The van der Waals surface area contributed by atoms with E-state index in [-0.39, 0.29) is 35.7 Å². The molecule has 4 aliphatic rings. The third-order valence-corrected chi connectivity index (χ3v) is 13.2. The average Bonchev–Trinajstić information content (AvgIpc) is 4.17. The molecule has 5 aromatic rings. The lowest BCUT2D eigenvalue weighted by Gasteiger charge is -2.34. The third kappa shape index (κ3) is 8.76. The molecule has 2 aromatic carbocycles. The number of methoxy groups -OCH3 is 1. The van der Waals surface area contributed by atoms with Crippen molar-refractivity contribution in [1.82, 2.24) is 45.4 Å². The molecule has 0 aliphatic carbocycles. The molecule has 4 aliphatic heterocycles. The van der Waals surface area contributed by atoms with Crippen LogP contribution in [0, 0.1) is 17.7 Å². The van der Waals surface area contributed by atoms with Gasteiger partial charge in [-0.2, -0.15) is 0 Å². The lowest BCUT2D eigenvalue weighted by atomic mass is 9.90. The Hall–Kier alpha value is -6.20. The van der Waals surface area contributed by atoms with Crippen LogP contribution in [0.2, 0.25) is 0 Å². The Morgan fingerprint density at radius 3 is 2.02 bits per heavy atom. The van der Waals surface area contributed by atoms with Crippen molar-refractivity contribution in [1.29, 1.82) is 0 Å². The molecule has 63 heavy (non-hydrogen) atoms. The number of aromatic nitrogens is 5. The van der Waals surface area contributed by atoms with Crippen LogP contribution in [0.3, 0.4) is 0 Å². The number of nitrogens with zero attached hydrogens (tertiary/aromatic N) is 5. The maximum atomic E-state index is 15.9. The number of benzene rings is 2. The number of carbonyl (C=O) groups is 4. The number of amides is 4. The molecule has 0 radical (unpaired) electrons. The first-order valence-corrected chi connectivity index (χ1v) is 21.9. The standard InChI is InChI=1S/C46H52FN9O7/c1-61-46(60)54-41(28-14-20-63-21-15-28)45(59)56-17-3-5-39(56)43-49-25-37(53-43)32-9-6-31(23-33(32)47)35-10-7-29-22-30(8-11-34(29)51-35)36-24-48-42(52-36)38-4-2-16-55(38)44(58)40(50-26-57)27-12-18-62-19-13-27/h6-11,22-28,38-41H,2-5,12-21H2,1H3,(H,48,52)(H,49,53)(H,50,57)(H,54,60)/t38-,39-,40-,41-/m0/s1. The minimum atomic E-state index is -0.750. The molecule has 16 nitrogen and oxygen atoms in total. The molecule has 4 fully saturated rings. The number of ether oxygens (including phenoxy) is 3. The van der Waals surface area contributed by atoms with Gasteiger partial charge in [0.25, 0.3) is 0 Å². The first-order valence-electron chi connectivity index (χ1n) is 21.9. The van der Waals surface area contributed by atoms with Crippen LogP contribution in [0.5, 0.6) is 0 Å². The predicted molar refractivity (Wildman–Crippen MR) is 229 cm³/mol. The number of pyridine rings is 1. The van der Waals surface area contributed by atoms with E-state index in [4.69, 9.17) is 24.2 Å². The van der Waals surface area contributed by atoms with E-state index in [1.807, 2.05) is 41.3 Å². The number of carbonyl (C=O) groups excluding carboxylic acids is 4. The van der Waals surface area contributed by atoms with Crippen molar-refractivity contribution in [2.75, 3.05) is 46.6 Å². The van der Waals surface area contributed by atoms with Gasteiger partial charge in [0.2, 0.25) is 18.2 Å². The first-order chi connectivity index (χ1) is 30.8. The maximum Gasteiger partial charge on any atom is 0.407 e. The third-order valence-electron chi connectivity index (χ3n) is 13.2. The number of nitrogens with one attached hydrogen (secondary N) is 4. The topological polar surface area (TPSA) is 197 Å². The van der Waals surface area contributed by atoms with Gasteiger partial charge in [0, 0.05) is 61.6 Å². The van der Waals surface area contributed by atoms with Crippen molar-refractivity contribution in [3.05, 3.63) is 78.4 Å². The SMILES string of the molecule is COC(=O)N[C@H](C(=O)N1CCC[C@H]1c1ncc(-c2ccc(-c3ccc4cc(-c5cnc([C@@H]6CCCN6C(=O)[C@@H](NC=O)C6CCOCC6)[nH]5)ccc4n3)cc2F)[nH]1)C1CCOCC1. The number of rotatable bonds is 12. The summed E-state index contributed by atoms with van der Waals surface area (Å²) in [5.41, 5.74) is 4.52. The van der Waals surface area contributed by atoms with E-state index in [0.29, 0.717) is 99.4 Å². The van der Waals surface area contributed by atoms with Crippen LogP contribution in [-0.2, 0) is 28.6 Å². The Morgan fingerprint density at radius 2 is 1.38 bits per heavy atom. The van der Waals surface area contributed by atoms with E-state index in [1.54, 1.807) is 23.4 Å². The fraction of sp³-hybridized carbons (Fsp3) is 0.457. The zero-order chi connectivity index (χ0) is 43.5. The highest BCUT2D eigenvalue weighted by molar-refractivity contribution is 5.88. The monoisotopic (exact) mass is 861 g/mol. The van der Waals surface area contributed by atoms with Crippen LogP contribution in [0.4, 0.5) is 9.18 Å². The van der Waals surface area contributed by atoms with Crippen LogP contribution in [0.25, 0.3) is 44.7 Å². The van der Waals surface area contributed by atoms with E-state index >= 15 is 4.39 Å². The van der Waals surface area contributed by atoms with E-state index in [9.17, 15) is 19.2 Å². The van der Waals surface area contributed by atoms with Crippen molar-refractivity contribution in [3.8, 4) is 33.8 Å². The van der Waals surface area contributed by atoms with Crippen LogP contribution >= 0.6 is 0 Å². The van der Waals surface area contributed by atoms with Crippen molar-refractivity contribution >= 4 is 35.2 Å². The lowest BCUT2D eigenvalue weighted by molar-refractivity contribution is -0.138. The van der Waals surface area contributed by atoms with Crippen molar-refractivity contribution in [2.45, 2.75) is 75.5 Å². The second-order valence-corrected chi connectivity index (χ2v) is 16.8. The van der Waals surface area contributed by atoms with Gasteiger partial charge in [-0.25, -0.2) is 24.1 Å². The number of H-pyrrole nitrogens is 2. The quantitative estimate of drug-likeness (QED) is 0.111. The largest absolute Gasteiger partial charge is 0.453 e. The normalized spacial score (nSPS) is 20.7. The zero-order valence-corrected chi connectivity index (χ0v) is 35.2. The summed E-state index contributed by atoms with van der Waals surface area (Å²) in [4.78, 5) is 76.1. The van der Waals surface area contributed by atoms with Gasteiger partial charge in [0.15, 0.2) is 0 Å². The second kappa shape index (κ2) is 18.6. The first kappa shape index (κ1) is 42.1. The van der Waals surface area contributed by atoms with Gasteiger partial charge in [-0.1, -0.05) is 18.2 Å². The molecule has 4 amide bonds. The highest BCUT2D eigenvalue weighted by Gasteiger charge is 2.41. The maximum absolute atomic E-state index is 15.9. The van der Waals surface area contributed by atoms with Gasteiger partial charge >= 0.3 is 6.09 Å². The summed E-state index contributed by atoms with van der Waals surface area (Å²) in [6.07, 6.45) is 9.14. The summed E-state index contributed by atoms with van der Waals surface area (Å²) in [5, 5.41) is 6.46. The van der Waals surface area contributed by atoms with Gasteiger partial charge < -0.3 is 44.6 Å². The molecule has 4 atom stereocenters. The van der Waals surface area contributed by atoms with E-state index in [0.717, 1.165) is 54.3 Å². The van der Waals surface area contributed by atoms with E-state index < -0.39 is 24.0 Å². The van der Waals surface area contributed by atoms with Crippen LogP contribution in [0.1, 0.15) is 75.1 Å². The highest BCUT2D eigenvalue weighted by Crippen LogP contribution is 2.37. The van der Waals surface area contributed by atoms with E-state index in [1.165, 1.54) is 13.2 Å². The number of fused-ring (bicyclic) bond motifs is 1. The molecule has 0 unspecified atom stereocenters. The highest BCUT2D eigenvalue weighted by atomic mass is 19.1. The number of imidazole rings is 2. The molecule has 3 aromatic heterocycles. The van der Waals surface area contributed by atoms with Gasteiger partial charge in [-0.05, 0) is 93.5 Å². The molecular formula is C46H52FN9O7. The van der Waals surface area contributed by atoms with Gasteiger partial charge in [0.05, 0.1) is 54.2 Å². The Morgan fingerprint density at radius 1 is 0.778 bits per heavy atom. The van der Waals surface area contributed by atoms with Crippen molar-refractivity contribution in [3.63, 3.8) is 0 Å². The number of hydrogen-bond donors (Lipinski definition) is 4. The molecular weight excluding hydrogens is 810 g/mol. The summed E-state index contributed by atoms with van der Waals surface area (Å²) >= 11 is 0. The summed E-state index contributed by atoms with van der Waals surface area (Å²) in [5.74, 6) is 0.493. The predicted octanol–water partition coefficient (Wildman–Crippen LogP) is 5.84. The molecule has 9 rings (SSSR count). The number of halogens is 1. The molecule has 0 saturated carbocycles. The average molecular weight is 862 g/mol. The summed E-state index contributed by atoms with van der Waals surface area (Å²) in [6, 6.07) is 12.8.